The van der Waals surface area contributed by atoms with E-state index in [0.717, 1.165) is 0 Å². The van der Waals surface area contributed by atoms with Gasteiger partial charge in [-0.3, -0.25) is 9.59 Å². The Morgan fingerprint density at radius 1 is 1.19 bits per heavy atom. The molecule has 0 radical (unpaired) electrons. The third-order valence-corrected chi connectivity index (χ3v) is 4.10. The van der Waals surface area contributed by atoms with Crippen LogP contribution in [0.2, 0.25) is 0 Å². The van der Waals surface area contributed by atoms with Crippen LogP contribution in [0.25, 0.3) is 0 Å². The fourth-order valence-electron chi connectivity index (χ4n) is 2.15. The number of ketones is 1. The van der Waals surface area contributed by atoms with Crippen molar-refractivity contribution in [2.45, 2.75) is 20.0 Å². The Labute approximate surface area is 163 Å². The van der Waals surface area contributed by atoms with E-state index in [0.29, 0.717) is 15.7 Å². The normalized spacial score (nSPS) is 11.4. The van der Waals surface area contributed by atoms with Crippen molar-refractivity contribution in [3.8, 4) is 5.75 Å². The van der Waals surface area contributed by atoms with E-state index in [4.69, 9.17) is 9.47 Å². The van der Waals surface area contributed by atoms with Crippen LogP contribution < -0.4 is 10.1 Å². The number of nitrogens with one attached hydrogen (secondary N) is 1. The molecule has 0 spiro atoms. The zero-order chi connectivity index (χ0) is 20.0. The first-order valence-corrected chi connectivity index (χ1v) is 8.75. The van der Waals surface area contributed by atoms with Gasteiger partial charge in [-0.2, -0.15) is 0 Å². The third-order valence-electron chi connectivity index (χ3n) is 3.48. The number of Topliss-reactive ketones (excluding diaryl/α,β-unsaturated/α-hetero) is 1. The third kappa shape index (κ3) is 5.89. The van der Waals surface area contributed by atoms with E-state index in [9.17, 15) is 18.8 Å². The number of amides is 1. The lowest BCUT2D eigenvalue weighted by atomic mass is 10.1. The van der Waals surface area contributed by atoms with Gasteiger partial charge in [-0.1, -0.05) is 12.1 Å². The van der Waals surface area contributed by atoms with Crippen molar-refractivity contribution < 1.29 is 28.2 Å². The summed E-state index contributed by atoms with van der Waals surface area (Å²) in [5.74, 6) is -1.74. The molecule has 0 saturated heterocycles. The number of carbonyl (C=O) groups is 3. The zero-order valence-corrected chi connectivity index (χ0v) is 16.2. The lowest BCUT2D eigenvalue weighted by Gasteiger charge is -2.15. The van der Waals surface area contributed by atoms with Crippen LogP contribution >= 0.6 is 15.9 Å². The fraction of sp³-hybridized carbons (Fsp3) is 0.211. The molecular weight excluding hydrogens is 421 g/mol. The first-order chi connectivity index (χ1) is 12.8. The smallest absolute Gasteiger partial charge is 0.344 e. The van der Waals surface area contributed by atoms with Crippen molar-refractivity contribution in [2.24, 2.45) is 0 Å². The monoisotopic (exact) mass is 437 g/mol. The summed E-state index contributed by atoms with van der Waals surface area (Å²) in [4.78, 5) is 35.6. The molecule has 2 aromatic carbocycles. The van der Waals surface area contributed by atoms with Crippen molar-refractivity contribution in [1.82, 2.24) is 0 Å². The van der Waals surface area contributed by atoms with Crippen LogP contribution in [0.3, 0.4) is 0 Å². The Hall–Kier alpha value is -2.74. The van der Waals surface area contributed by atoms with Gasteiger partial charge in [0.1, 0.15) is 11.6 Å². The summed E-state index contributed by atoms with van der Waals surface area (Å²) in [6.07, 6.45) is -1.10. The number of hydrogen-bond acceptors (Lipinski definition) is 5. The van der Waals surface area contributed by atoms with Crippen LogP contribution in [0, 0.1) is 5.82 Å². The molecule has 142 valence electrons. The van der Waals surface area contributed by atoms with E-state index >= 15 is 0 Å². The lowest BCUT2D eigenvalue weighted by molar-refractivity contribution is -0.155. The summed E-state index contributed by atoms with van der Waals surface area (Å²) in [6, 6.07) is 10.3. The van der Waals surface area contributed by atoms with Gasteiger partial charge in [0.2, 0.25) is 0 Å². The van der Waals surface area contributed by atoms with E-state index in [1.54, 1.807) is 24.3 Å². The minimum Gasteiger partial charge on any atom is -0.481 e. The topological polar surface area (TPSA) is 81.7 Å². The standard InChI is InChI=1S/C19H17BrFNO5/c1-11(23)14-5-3-4-6-16(14)22-19(25)12(2)27-18(24)10-26-17-8-7-13(21)9-15(17)20/h3-9,12H,10H2,1-2H3,(H,22,25). The molecule has 2 rings (SSSR count). The number of benzene rings is 2. The molecule has 0 aromatic heterocycles. The summed E-state index contributed by atoms with van der Waals surface area (Å²) in [5, 5.41) is 2.56. The van der Waals surface area contributed by atoms with E-state index in [1.807, 2.05) is 0 Å². The molecule has 0 saturated carbocycles. The number of ether oxygens (including phenoxy) is 2. The highest BCUT2D eigenvalue weighted by molar-refractivity contribution is 9.10. The van der Waals surface area contributed by atoms with Gasteiger partial charge >= 0.3 is 5.97 Å². The van der Waals surface area contributed by atoms with Crippen LogP contribution in [0.5, 0.6) is 5.75 Å². The van der Waals surface area contributed by atoms with Gasteiger partial charge in [-0.15, -0.1) is 0 Å². The predicted octanol–water partition coefficient (Wildman–Crippen LogP) is 3.74. The molecule has 1 N–H and O–H groups in total. The van der Waals surface area contributed by atoms with Crippen LogP contribution in [0.1, 0.15) is 24.2 Å². The maximum Gasteiger partial charge on any atom is 0.344 e. The van der Waals surface area contributed by atoms with Crippen LogP contribution in [0.15, 0.2) is 46.9 Å². The second-order valence-electron chi connectivity index (χ2n) is 5.59. The van der Waals surface area contributed by atoms with E-state index in [1.165, 1.54) is 32.0 Å². The largest absolute Gasteiger partial charge is 0.481 e. The van der Waals surface area contributed by atoms with E-state index in [2.05, 4.69) is 21.2 Å². The van der Waals surface area contributed by atoms with Crippen molar-refractivity contribution in [2.75, 3.05) is 11.9 Å². The molecule has 2 aromatic rings. The van der Waals surface area contributed by atoms with Gasteiger partial charge in [-0.25, -0.2) is 9.18 Å². The molecule has 6 nitrogen and oxygen atoms in total. The van der Waals surface area contributed by atoms with Crippen molar-refractivity contribution in [3.63, 3.8) is 0 Å². The SMILES string of the molecule is CC(=O)c1ccccc1NC(=O)C(C)OC(=O)COc1ccc(F)cc1Br. The van der Waals surface area contributed by atoms with E-state index in [-0.39, 0.29) is 11.5 Å². The van der Waals surface area contributed by atoms with Crippen molar-refractivity contribution >= 4 is 39.3 Å². The van der Waals surface area contributed by atoms with Crippen LogP contribution in [-0.4, -0.2) is 30.4 Å². The van der Waals surface area contributed by atoms with Crippen molar-refractivity contribution in [1.29, 1.82) is 0 Å². The van der Waals surface area contributed by atoms with Gasteiger partial charge < -0.3 is 14.8 Å². The number of anilines is 1. The lowest BCUT2D eigenvalue weighted by Crippen LogP contribution is -2.32. The highest BCUT2D eigenvalue weighted by Crippen LogP contribution is 2.25. The molecule has 0 aliphatic rings. The Morgan fingerprint density at radius 2 is 1.89 bits per heavy atom. The van der Waals surface area contributed by atoms with Gasteiger partial charge in [-0.05, 0) is 60.1 Å². The maximum atomic E-state index is 13.0. The summed E-state index contributed by atoms with van der Waals surface area (Å²) in [5.41, 5.74) is 0.693. The molecular formula is C19H17BrFNO5. The molecule has 0 aliphatic heterocycles. The highest BCUT2D eigenvalue weighted by atomic mass is 79.9. The summed E-state index contributed by atoms with van der Waals surface area (Å²) >= 11 is 3.12. The highest BCUT2D eigenvalue weighted by Gasteiger charge is 2.20. The van der Waals surface area contributed by atoms with Gasteiger partial charge in [0.05, 0.1) is 10.2 Å². The molecule has 8 heteroatoms. The molecule has 0 fully saturated rings. The molecule has 0 aliphatic carbocycles. The predicted molar refractivity (Wildman–Crippen MR) is 100 cm³/mol. The number of carbonyl (C=O) groups excluding carboxylic acids is 3. The second kappa shape index (κ2) is 9.27. The van der Waals surface area contributed by atoms with Gasteiger partial charge in [0, 0.05) is 5.56 Å². The average molecular weight is 438 g/mol. The Morgan fingerprint density at radius 3 is 2.56 bits per heavy atom. The molecule has 0 heterocycles. The zero-order valence-electron chi connectivity index (χ0n) is 14.6. The fourth-order valence-corrected chi connectivity index (χ4v) is 2.61. The minimum atomic E-state index is -1.10. The minimum absolute atomic E-state index is 0.200. The van der Waals surface area contributed by atoms with Gasteiger partial charge in [0.25, 0.3) is 5.91 Å². The molecule has 1 unspecified atom stereocenters. The number of esters is 1. The summed E-state index contributed by atoms with van der Waals surface area (Å²) < 4.78 is 23.6. The first kappa shape index (κ1) is 20.6. The first-order valence-electron chi connectivity index (χ1n) is 7.96. The summed E-state index contributed by atoms with van der Waals surface area (Å²) in [7, 11) is 0. The quantitative estimate of drug-likeness (QED) is 0.526. The van der Waals surface area contributed by atoms with E-state index < -0.39 is 30.4 Å². The average Bonchev–Trinajstić information content (AvgIpc) is 2.61. The number of para-hydroxylation sites is 1. The molecule has 27 heavy (non-hydrogen) atoms. The second-order valence-corrected chi connectivity index (χ2v) is 6.44. The molecule has 1 atom stereocenters. The number of hydrogen-bond donors (Lipinski definition) is 1. The Kier molecular flexibility index (Phi) is 7.06. The van der Waals surface area contributed by atoms with Crippen molar-refractivity contribution in [3.05, 3.63) is 58.3 Å². The van der Waals surface area contributed by atoms with Crippen LogP contribution in [-0.2, 0) is 14.3 Å². The van der Waals surface area contributed by atoms with Gasteiger partial charge in [0.15, 0.2) is 18.5 Å². The number of rotatable bonds is 7. The Balaban J connectivity index is 1.90. The summed E-state index contributed by atoms with van der Waals surface area (Å²) in [6.45, 7) is 2.34. The number of halogens is 2. The molecule has 1 amide bonds. The maximum absolute atomic E-state index is 13.0. The molecule has 0 bridgehead atoms. The Bertz CT molecular complexity index is 871. The van der Waals surface area contributed by atoms with Crippen LogP contribution in [0.4, 0.5) is 10.1 Å².